The SMILES string of the molecule is CNCc1ccc(-c2ccc(F)cc2)c(F)c1. The van der Waals surface area contributed by atoms with Crippen LogP contribution in [0.5, 0.6) is 0 Å². The van der Waals surface area contributed by atoms with Crippen molar-refractivity contribution in [2.75, 3.05) is 7.05 Å². The molecule has 0 unspecified atom stereocenters. The summed E-state index contributed by atoms with van der Waals surface area (Å²) in [5, 5.41) is 2.96. The molecular weight excluding hydrogens is 220 g/mol. The highest BCUT2D eigenvalue weighted by Crippen LogP contribution is 2.23. The van der Waals surface area contributed by atoms with Gasteiger partial charge >= 0.3 is 0 Å². The van der Waals surface area contributed by atoms with Crippen molar-refractivity contribution < 1.29 is 8.78 Å². The summed E-state index contributed by atoms with van der Waals surface area (Å²) in [7, 11) is 1.81. The van der Waals surface area contributed by atoms with E-state index in [1.165, 1.54) is 18.2 Å². The molecule has 1 nitrogen and oxygen atoms in total. The molecule has 1 N–H and O–H groups in total. The summed E-state index contributed by atoms with van der Waals surface area (Å²) in [4.78, 5) is 0. The van der Waals surface area contributed by atoms with E-state index in [9.17, 15) is 8.78 Å². The van der Waals surface area contributed by atoms with Crippen LogP contribution in [-0.4, -0.2) is 7.05 Å². The van der Waals surface area contributed by atoms with Gasteiger partial charge in [0.25, 0.3) is 0 Å². The average molecular weight is 233 g/mol. The maximum absolute atomic E-state index is 13.8. The summed E-state index contributed by atoms with van der Waals surface area (Å²) < 4.78 is 26.6. The fourth-order valence-electron chi connectivity index (χ4n) is 1.74. The molecule has 0 saturated heterocycles. The molecule has 0 aromatic heterocycles. The number of rotatable bonds is 3. The minimum absolute atomic E-state index is 0.288. The van der Waals surface area contributed by atoms with Crippen LogP contribution in [0.15, 0.2) is 42.5 Å². The fraction of sp³-hybridized carbons (Fsp3) is 0.143. The zero-order valence-corrected chi connectivity index (χ0v) is 9.50. The molecule has 0 fully saturated rings. The Labute approximate surface area is 99.1 Å². The summed E-state index contributed by atoms with van der Waals surface area (Å²) in [6, 6.07) is 10.9. The van der Waals surface area contributed by atoms with E-state index in [0.717, 1.165) is 5.56 Å². The standard InChI is InChI=1S/C14H13F2N/c1-17-9-10-2-7-13(14(16)8-10)11-3-5-12(15)6-4-11/h2-8,17H,9H2,1H3. The van der Waals surface area contributed by atoms with Crippen LogP contribution < -0.4 is 5.32 Å². The Hall–Kier alpha value is -1.74. The van der Waals surface area contributed by atoms with Gasteiger partial charge in [0.05, 0.1) is 0 Å². The van der Waals surface area contributed by atoms with E-state index >= 15 is 0 Å². The molecule has 0 spiro atoms. The molecule has 3 heteroatoms. The fourth-order valence-corrected chi connectivity index (χ4v) is 1.74. The molecule has 0 atom stereocenters. The van der Waals surface area contributed by atoms with E-state index in [4.69, 9.17) is 0 Å². The van der Waals surface area contributed by atoms with E-state index in [0.29, 0.717) is 17.7 Å². The van der Waals surface area contributed by atoms with Crippen LogP contribution in [0.3, 0.4) is 0 Å². The number of nitrogens with one attached hydrogen (secondary N) is 1. The van der Waals surface area contributed by atoms with Crippen LogP contribution >= 0.6 is 0 Å². The zero-order chi connectivity index (χ0) is 12.3. The minimum Gasteiger partial charge on any atom is -0.316 e. The molecule has 2 rings (SSSR count). The molecule has 0 heterocycles. The van der Waals surface area contributed by atoms with Crippen molar-refractivity contribution in [1.29, 1.82) is 0 Å². The Morgan fingerprint density at radius 3 is 2.29 bits per heavy atom. The second-order valence-electron chi connectivity index (χ2n) is 3.85. The molecule has 0 aliphatic rings. The van der Waals surface area contributed by atoms with Gasteiger partial charge in [-0.3, -0.25) is 0 Å². The van der Waals surface area contributed by atoms with E-state index in [-0.39, 0.29) is 11.6 Å². The number of hydrogen-bond donors (Lipinski definition) is 1. The third kappa shape index (κ3) is 2.68. The van der Waals surface area contributed by atoms with Crippen molar-refractivity contribution in [3.8, 4) is 11.1 Å². The van der Waals surface area contributed by atoms with Crippen molar-refractivity contribution in [3.63, 3.8) is 0 Å². The van der Waals surface area contributed by atoms with Gasteiger partial charge < -0.3 is 5.32 Å². The van der Waals surface area contributed by atoms with Gasteiger partial charge in [0, 0.05) is 12.1 Å². The zero-order valence-electron chi connectivity index (χ0n) is 9.50. The van der Waals surface area contributed by atoms with Gasteiger partial charge in [-0.1, -0.05) is 24.3 Å². The van der Waals surface area contributed by atoms with Gasteiger partial charge in [0.2, 0.25) is 0 Å². The first-order chi connectivity index (χ1) is 8.20. The number of benzene rings is 2. The third-order valence-electron chi connectivity index (χ3n) is 2.57. The van der Waals surface area contributed by atoms with Gasteiger partial charge in [-0.05, 0) is 36.4 Å². The Balaban J connectivity index is 2.36. The highest BCUT2D eigenvalue weighted by Gasteiger charge is 2.05. The third-order valence-corrected chi connectivity index (χ3v) is 2.57. The van der Waals surface area contributed by atoms with Crippen molar-refractivity contribution in [1.82, 2.24) is 5.32 Å². The first-order valence-corrected chi connectivity index (χ1v) is 5.39. The molecule has 0 aliphatic carbocycles. The summed E-state index contributed by atoms with van der Waals surface area (Å²) in [6.45, 7) is 0.626. The van der Waals surface area contributed by atoms with E-state index in [1.54, 1.807) is 18.2 Å². The lowest BCUT2D eigenvalue weighted by molar-refractivity contribution is 0.624. The lowest BCUT2D eigenvalue weighted by Gasteiger charge is -2.06. The van der Waals surface area contributed by atoms with Crippen molar-refractivity contribution in [2.24, 2.45) is 0 Å². The molecule has 0 amide bonds. The highest BCUT2D eigenvalue weighted by molar-refractivity contribution is 5.64. The molecule has 88 valence electrons. The molecule has 0 bridgehead atoms. The summed E-state index contributed by atoms with van der Waals surface area (Å²) in [6.07, 6.45) is 0. The van der Waals surface area contributed by atoms with Crippen molar-refractivity contribution in [3.05, 3.63) is 59.7 Å². The molecule has 0 radical (unpaired) electrons. The predicted molar refractivity (Wildman–Crippen MR) is 64.6 cm³/mol. The molecule has 2 aromatic rings. The molecular formula is C14H13F2N. The van der Waals surface area contributed by atoms with Crippen LogP contribution in [0.2, 0.25) is 0 Å². The Kier molecular flexibility index (Phi) is 3.49. The first kappa shape index (κ1) is 11.7. The topological polar surface area (TPSA) is 12.0 Å². The second-order valence-corrected chi connectivity index (χ2v) is 3.85. The van der Waals surface area contributed by atoms with Crippen LogP contribution in [0, 0.1) is 11.6 Å². The molecule has 2 aromatic carbocycles. The van der Waals surface area contributed by atoms with Crippen molar-refractivity contribution >= 4 is 0 Å². The van der Waals surface area contributed by atoms with Gasteiger partial charge in [-0.15, -0.1) is 0 Å². The van der Waals surface area contributed by atoms with Gasteiger partial charge in [-0.25, -0.2) is 8.78 Å². The lowest BCUT2D eigenvalue weighted by atomic mass is 10.0. The van der Waals surface area contributed by atoms with Crippen LogP contribution in [0.1, 0.15) is 5.56 Å². The molecule has 17 heavy (non-hydrogen) atoms. The summed E-state index contributed by atoms with van der Waals surface area (Å²) in [5.41, 5.74) is 2.06. The monoisotopic (exact) mass is 233 g/mol. The highest BCUT2D eigenvalue weighted by atomic mass is 19.1. The predicted octanol–water partition coefficient (Wildman–Crippen LogP) is 3.35. The largest absolute Gasteiger partial charge is 0.316 e. The maximum atomic E-state index is 13.8. The van der Waals surface area contributed by atoms with Gasteiger partial charge in [-0.2, -0.15) is 0 Å². The number of halogens is 2. The first-order valence-electron chi connectivity index (χ1n) is 5.39. The average Bonchev–Trinajstić information content (AvgIpc) is 2.31. The van der Waals surface area contributed by atoms with Gasteiger partial charge in [0.15, 0.2) is 0 Å². The van der Waals surface area contributed by atoms with Crippen LogP contribution in [-0.2, 0) is 6.54 Å². The van der Waals surface area contributed by atoms with Crippen molar-refractivity contribution in [2.45, 2.75) is 6.54 Å². The quantitative estimate of drug-likeness (QED) is 0.857. The normalized spacial score (nSPS) is 10.5. The van der Waals surface area contributed by atoms with E-state index in [1.807, 2.05) is 13.1 Å². The van der Waals surface area contributed by atoms with Gasteiger partial charge in [0.1, 0.15) is 11.6 Å². The van der Waals surface area contributed by atoms with Crippen LogP contribution in [0.25, 0.3) is 11.1 Å². The molecule has 0 aliphatic heterocycles. The minimum atomic E-state index is -0.319. The summed E-state index contributed by atoms with van der Waals surface area (Å²) in [5.74, 6) is -0.606. The molecule has 0 saturated carbocycles. The smallest absolute Gasteiger partial charge is 0.131 e. The number of hydrogen-bond acceptors (Lipinski definition) is 1. The maximum Gasteiger partial charge on any atom is 0.131 e. The lowest BCUT2D eigenvalue weighted by Crippen LogP contribution is -2.05. The van der Waals surface area contributed by atoms with Crippen LogP contribution in [0.4, 0.5) is 8.78 Å². The van der Waals surface area contributed by atoms with E-state index < -0.39 is 0 Å². The Bertz CT molecular complexity index is 506. The Morgan fingerprint density at radius 1 is 1.00 bits per heavy atom. The Morgan fingerprint density at radius 2 is 1.71 bits per heavy atom. The second kappa shape index (κ2) is 5.06. The summed E-state index contributed by atoms with van der Waals surface area (Å²) >= 11 is 0. The van der Waals surface area contributed by atoms with E-state index in [2.05, 4.69) is 5.32 Å².